The number of fused-ring (bicyclic) bond motifs is 1. The van der Waals surface area contributed by atoms with Gasteiger partial charge in [0.1, 0.15) is 17.7 Å². The van der Waals surface area contributed by atoms with E-state index in [-0.39, 0.29) is 34.9 Å². The molecule has 3 nitrogen and oxygen atoms in total. The molecule has 0 saturated carbocycles. The fourth-order valence-corrected chi connectivity index (χ4v) is 2.90. The molecular weight excluding hydrogens is 386 g/mol. The molecule has 0 spiro atoms. The molecule has 2 heterocycles. The van der Waals surface area contributed by atoms with Crippen molar-refractivity contribution >= 4 is 0 Å². The molecule has 1 aromatic carbocycles. The molecule has 3 rings (SSSR count). The molecule has 2 aromatic rings. The van der Waals surface area contributed by atoms with Crippen LogP contribution in [0.4, 0.5) is 26.3 Å². The number of halogens is 6. The van der Waals surface area contributed by atoms with E-state index in [0.29, 0.717) is 0 Å². The van der Waals surface area contributed by atoms with Crippen LogP contribution in [0, 0.1) is 11.3 Å². The molecule has 0 saturated heterocycles. The molecule has 28 heavy (non-hydrogen) atoms. The Balaban J connectivity index is 2.20. The number of pyridine rings is 1. The number of benzene rings is 1. The number of hydrogen-bond donors (Lipinski definition) is 0. The van der Waals surface area contributed by atoms with Crippen LogP contribution in [0.1, 0.15) is 36.6 Å². The first-order valence-electron chi connectivity index (χ1n) is 8.20. The number of alkyl halides is 6. The van der Waals surface area contributed by atoms with Crippen LogP contribution in [-0.2, 0) is 11.6 Å². The summed E-state index contributed by atoms with van der Waals surface area (Å²) in [5.74, 6) is -1.81. The Kier molecular flexibility index (Phi) is 4.57. The van der Waals surface area contributed by atoms with Gasteiger partial charge in [0.15, 0.2) is 5.75 Å². The summed E-state index contributed by atoms with van der Waals surface area (Å²) in [4.78, 5) is 4.04. The first-order valence-corrected chi connectivity index (χ1v) is 8.20. The maximum atomic E-state index is 13.2. The highest BCUT2D eigenvalue weighted by molar-refractivity contribution is 5.71. The van der Waals surface area contributed by atoms with Gasteiger partial charge in [-0.05, 0) is 32.0 Å². The molecule has 2 atom stereocenters. The van der Waals surface area contributed by atoms with Gasteiger partial charge in [0.25, 0.3) is 0 Å². The lowest BCUT2D eigenvalue weighted by Crippen LogP contribution is -2.22. The highest BCUT2D eigenvalue weighted by Crippen LogP contribution is 2.46. The first-order chi connectivity index (χ1) is 12.9. The van der Waals surface area contributed by atoms with Gasteiger partial charge in [-0.3, -0.25) is 0 Å². The molecule has 0 radical (unpaired) electrons. The monoisotopic (exact) mass is 400 g/mol. The molecule has 9 heteroatoms. The number of hydrogen-bond acceptors (Lipinski definition) is 3. The predicted octanol–water partition coefficient (Wildman–Crippen LogP) is 5.61. The van der Waals surface area contributed by atoms with Crippen LogP contribution in [0.5, 0.6) is 5.75 Å². The predicted molar refractivity (Wildman–Crippen MR) is 87.6 cm³/mol. The summed E-state index contributed by atoms with van der Waals surface area (Å²) in [5, 5.41) is 9.45. The zero-order chi connectivity index (χ0) is 20.9. The van der Waals surface area contributed by atoms with Gasteiger partial charge >= 0.3 is 12.4 Å². The molecular formula is C19H14F6N2O. The van der Waals surface area contributed by atoms with Gasteiger partial charge in [-0.15, -0.1) is 0 Å². The van der Waals surface area contributed by atoms with E-state index in [2.05, 4.69) is 4.98 Å². The third-order valence-corrected chi connectivity index (χ3v) is 4.76. The summed E-state index contributed by atoms with van der Waals surface area (Å²) in [5.41, 5.74) is -2.01. The Labute approximate surface area is 156 Å². The van der Waals surface area contributed by atoms with Crippen molar-refractivity contribution in [1.29, 1.82) is 5.26 Å². The summed E-state index contributed by atoms with van der Waals surface area (Å²) < 4.78 is 83.5. The fourth-order valence-electron chi connectivity index (χ4n) is 2.90. The average Bonchev–Trinajstić information content (AvgIpc) is 2.96. The van der Waals surface area contributed by atoms with E-state index in [1.54, 1.807) is 0 Å². The molecule has 0 fully saturated rings. The highest BCUT2D eigenvalue weighted by atomic mass is 19.4. The van der Waals surface area contributed by atoms with Crippen LogP contribution < -0.4 is 4.74 Å². The highest BCUT2D eigenvalue weighted by Gasteiger charge is 2.43. The molecule has 0 aliphatic carbocycles. The second kappa shape index (κ2) is 6.40. The van der Waals surface area contributed by atoms with E-state index in [0.717, 1.165) is 31.2 Å². The second-order valence-electron chi connectivity index (χ2n) is 6.84. The standard InChI is InChI=1S/C19H14F6N2O/c1-10(18(20,21)22)14-7-13-16(28-9-17(13,2)8-26)15(27-14)11-3-5-12(6-4-11)19(23,24)25/h3-7,10H,9H2,1-2H3. The van der Waals surface area contributed by atoms with E-state index in [4.69, 9.17) is 4.74 Å². The average molecular weight is 400 g/mol. The van der Waals surface area contributed by atoms with Crippen LogP contribution in [-0.4, -0.2) is 17.8 Å². The van der Waals surface area contributed by atoms with Crippen molar-refractivity contribution in [2.75, 3.05) is 6.61 Å². The Hall–Kier alpha value is -2.76. The van der Waals surface area contributed by atoms with E-state index in [9.17, 15) is 31.6 Å². The maximum Gasteiger partial charge on any atom is 0.416 e. The van der Waals surface area contributed by atoms with Crippen molar-refractivity contribution < 1.29 is 31.1 Å². The maximum absolute atomic E-state index is 13.2. The minimum atomic E-state index is -4.57. The minimum absolute atomic E-state index is 0.0173. The third kappa shape index (κ3) is 3.39. The van der Waals surface area contributed by atoms with Crippen LogP contribution in [0.15, 0.2) is 30.3 Å². The molecule has 1 aliphatic rings. The molecule has 0 bridgehead atoms. The first kappa shape index (κ1) is 20.0. The number of nitrogens with zero attached hydrogens (tertiary/aromatic N) is 2. The van der Waals surface area contributed by atoms with Gasteiger partial charge in [-0.2, -0.15) is 31.6 Å². The van der Waals surface area contributed by atoms with E-state index < -0.39 is 29.2 Å². The smallest absolute Gasteiger partial charge is 0.416 e. The SMILES string of the molecule is CC(c1cc2c(c(-c3ccc(C(F)(F)F)cc3)n1)OCC2(C)C#N)C(F)(F)F. The van der Waals surface area contributed by atoms with Crippen molar-refractivity contribution in [1.82, 2.24) is 4.98 Å². The van der Waals surface area contributed by atoms with Crippen LogP contribution in [0.25, 0.3) is 11.3 Å². The summed E-state index contributed by atoms with van der Waals surface area (Å²) in [7, 11) is 0. The molecule has 1 aromatic heterocycles. The number of nitriles is 1. The van der Waals surface area contributed by atoms with Gasteiger partial charge < -0.3 is 4.74 Å². The summed E-state index contributed by atoms with van der Waals surface area (Å²) in [6.07, 6.45) is -9.11. The Bertz CT molecular complexity index is 943. The fraction of sp³-hybridized carbons (Fsp3) is 0.368. The Morgan fingerprint density at radius 3 is 2.25 bits per heavy atom. The lowest BCUT2D eigenvalue weighted by atomic mass is 9.84. The van der Waals surface area contributed by atoms with Crippen molar-refractivity contribution in [2.24, 2.45) is 0 Å². The van der Waals surface area contributed by atoms with Crippen LogP contribution >= 0.6 is 0 Å². The zero-order valence-electron chi connectivity index (χ0n) is 14.7. The van der Waals surface area contributed by atoms with Crippen molar-refractivity contribution in [3.05, 3.63) is 47.2 Å². The summed E-state index contributed by atoms with van der Waals surface area (Å²) in [6, 6.07) is 7.11. The number of rotatable bonds is 2. The van der Waals surface area contributed by atoms with Crippen molar-refractivity contribution in [3.8, 4) is 23.1 Å². The minimum Gasteiger partial charge on any atom is -0.489 e. The van der Waals surface area contributed by atoms with Gasteiger partial charge in [-0.25, -0.2) is 4.98 Å². The van der Waals surface area contributed by atoms with Crippen molar-refractivity contribution in [3.63, 3.8) is 0 Å². The van der Waals surface area contributed by atoms with E-state index in [1.165, 1.54) is 13.0 Å². The van der Waals surface area contributed by atoms with Crippen LogP contribution in [0.3, 0.4) is 0 Å². The Morgan fingerprint density at radius 2 is 1.75 bits per heavy atom. The quantitative estimate of drug-likeness (QED) is 0.616. The van der Waals surface area contributed by atoms with Crippen LogP contribution in [0.2, 0.25) is 0 Å². The zero-order valence-corrected chi connectivity index (χ0v) is 14.7. The normalized spacial score (nSPS) is 20.2. The lowest BCUT2D eigenvalue weighted by molar-refractivity contribution is -0.147. The molecule has 2 unspecified atom stereocenters. The lowest BCUT2D eigenvalue weighted by Gasteiger charge is -2.19. The Morgan fingerprint density at radius 1 is 1.14 bits per heavy atom. The van der Waals surface area contributed by atoms with Gasteiger partial charge in [-0.1, -0.05) is 12.1 Å². The van der Waals surface area contributed by atoms with Crippen molar-refractivity contribution in [2.45, 2.75) is 37.5 Å². The largest absolute Gasteiger partial charge is 0.489 e. The number of aromatic nitrogens is 1. The summed E-state index contributed by atoms with van der Waals surface area (Å²) in [6.45, 7) is 2.38. The van der Waals surface area contributed by atoms with E-state index >= 15 is 0 Å². The molecule has 148 valence electrons. The third-order valence-electron chi connectivity index (χ3n) is 4.76. The molecule has 1 aliphatic heterocycles. The summed E-state index contributed by atoms with van der Waals surface area (Å²) >= 11 is 0. The number of ether oxygens (including phenoxy) is 1. The molecule has 0 N–H and O–H groups in total. The van der Waals surface area contributed by atoms with Gasteiger partial charge in [0.2, 0.25) is 0 Å². The molecule has 0 amide bonds. The second-order valence-corrected chi connectivity index (χ2v) is 6.84. The van der Waals surface area contributed by atoms with Gasteiger partial charge in [0, 0.05) is 11.1 Å². The topological polar surface area (TPSA) is 45.9 Å². The van der Waals surface area contributed by atoms with Gasteiger partial charge in [0.05, 0.1) is 23.2 Å². The van der Waals surface area contributed by atoms with E-state index in [1.807, 2.05) is 6.07 Å².